The fraction of sp³-hybridized carbons (Fsp3) is 0.500. The summed E-state index contributed by atoms with van der Waals surface area (Å²) < 4.78 is 24.7. The van der Waals surface area contributed by atoms with Crippen LogP contribution < -0.4 is 10.0 Å². The Bertz CT molecular complexity index is 658. The van der Waals surface area contributed by atoms with Gasteiger partial charge in [0, 0.05) is 17.8 Å². The van der Waals surface area contributed by atoms with Crippen molar-refractivity contribution >= 4 is 27.7 Å². The topological polar surface area (TPSA) is 75.3 Å². The Morgan fingerprint density at radius 1 is 1.04 bits per heavy atom. The normalized spacial score (nSPS) is 17.2. The highest BCUT2D eigenvalue weighted by Gasteiger charge is 2.12. The molecule has 1 amide bonds. The molecule has 0 atom stereocenters. The van der Waals surface area contributed by atoms with E-state index in [1.807, 2.05) is 0 Å². The summed E-state index contributed by atoms with van der Waals surface area (Å²) in [7, 11) is -3.27. The van der Waals surface area contributed by atoms with Crippen LogP contribution in [0.15, 0.2) is 30.3 Å². The van der Waals surface area contributed by atoms with Crippen LogP contribution in [0.2, 0.25) is 0 Å². The molecule has 0 aliphatic heterocycles. The highest BCUT2D eigenvalue weighted by Crippen LogP contribution is 2.17. The van der Waals surface area contributed by atoms with Crippen molar-refractivity contribution in [3.8, 4) is 0 Å². The van der Waals surface area contributed by atoms with E-state index < -0.39 is 10.0 Å². The van der Waals surface area contributed by atoms with Gasteiger partial charge >= 0.3 is 0 Å². The number of nitrogens with one attached hydrogen (secondary N) is 2. The minimum Gasteiger partial charge on any atom is -0.350 e. The lowest BCUT2D eigenvalue weighted by Gasteiger charge is -2.20. The zero-order valence-electron chi connectivity index (χ0n) is 14.1. The third kappa shape index (κ3) is 7.17. The molecule has 1 saturated carbocycles. The minimum atomic E-state index is -3.27. The van der Waals surface area contributed by atoms with Crippen LogP contribution >= 0.6 is 0 Å². The molecule has 0 aromatic heterocycles. The number of carbonyl (C=O) groups is 1. The third-order valence-electron chi connectivity index (χ3n) is 4.09. The van der Waals surface area contributed by atoms with Crippen molar-refractivity contribution in [1.82, 2.24) is 5.32 Å². The first-order chi connectivity index (χ1) is 11.4. The monoisotopic (exact) mass is 350 g/mol. The third-order valence-corrected chi connectivity index (χ3v) is 4.70. The van der Waals surface area contributed by atoms with E-state index in [0.29, 0.717) is 5.69 Å². The van der Waals surface area contributed by atoms with Crippen molar-refractivity contribution in [3.63, 3.8) is 0 Å². The second-order valence-corrected chi connectivity index (χ2v) is 8.13. The van der Waals surface area contributed by atoms with Gasteiger partial charge in [0.25, 0.3) is 0 Å². The van der Waals surface area contributed by atoms with Gasteiger partial charge in [-0.1, -0.05) is 44.2 Å². The van der Waals surface area contributed by atoms with Crippen LogP contribution in [0.5, 0.6) is 0 Å². The highest BCUT2D eigenvalue weighted by molar-refractivity contribution is 7.92. The highest BCUT2D eigenvalue weighted by atomic mass is 32.2. The summed E-state index contributed by atoms with van der Waals surface area (Å²) in [6, 6.07) is 7.17. The lowest BCUT2D eigenvalue weighted by Crippen LogP contribution is -2.34. The first kappa shape index (κ1) is 18.5. The maximum absolute atomic E-state index is 12.0. The summed E-state index contributed by atoms with van der Waals surface area (Å²) in [4.78, 5) is 12.0. The lowest BCUT2D eigenvalue weighted by molar-refractivity contribution is -0.117. The molecule has 1 aromatic rings. The van der Waals surface area contributed by atoms with Crippen LogP contribution in [0.1, 0.15) is 50.5 Å². The SMILES string of the molecule is CS(=O)(=O)Nc1ccc(/C=C/C(=O)NC2CCCCCCC2)cc1. The van der Waals surface area contributed by atoms with Gasteiger partial charge in [-0.25, -0.2) is 8.42 Å². The van der Waals surface area contributed by atoms with Gasteiger partial charge in [0.15, 0.2) is 0 Å². The molecule has 2 N–H and O–H groups in total. The Morgan fingerprint density at radius 3 is 2.21 bits per heavy atom. The second-order valence-electron chi connectivity index (χ2n) is 6.38. The van der Waals surface area contributed by atoms with E-state index in [-0.39, 0.29) is 11.9 Å². The molecule has 0 radical (unpaired) electrons. The Hall–Kier alpha value is -1.82. The molecule has 1 fully saturated rings. The zero-order valence-corrected chi connectivity index (χ0v) is 14.9. The van der Waals surface area contributed by atoms with Crippen LogP contribution in [0.3, 0.4) is 0 Å². The van der Waals surface area contributed by atoms with Crippen LogP contribution in [-0.2, 0) is 14.8 Å². The predicted octanol–water partition coefficient (Wildman–Crippen LogP) is 3.30. The molecule has 5 nitrogen and oxygen atoms in total. The van der Waals surface area contributed by atoms with E-state index in [1.54, 1.807) is 30.3 Å². The minimum absolute atomic E-state index is 0.0705. The summed E-state index contributed by atoms with van der Waals surface area (Å²) in [5, 5.41) is 3.08. The molecular weight excluding hydrogens is 324 g/mol. The standard InChI is InChI=1S/C18H26N2O3S/c1-24(22,23)20-17-12-9-15(10-13-17)11-14-18(21)19-16-7-5-3-2-4-6-8-16/h9-14,16,20H,2-8H2,1H3,(H,19,21)/b14-11+. The molecule has 0 spiro atoms. The van der Waals surface area contributed by atoms with Crippen LogP contribution in [0.4, 0.5) is 5.69 Å². The van der Waals surface area contributed by atoms with Crippen molar-refractivity contribution in [2.75, 3.05) is 11.0 Å². The number of benzene rings is 1. The molecule has 1 aliphatic carbocycles. The molecule has 1 aromatic carbocycles. The molecule has 0 bridgehead atoms. The fourth-order valence-corrected chi connectivity index (χ4v) is 3.46. The summed E-state index contributed by atoms with van der Waals surface area (Å²) in [5.41, 5.74) is 1.36. The van der Waals surface area contributed by atoms with Crippen LogP contribution in [0.25, 0.3) is 6.08 Å². The van der Waals surface area contributed by atoms with Gasteiger partial charge in [-0.05, 0) is 36.6 Å². The number of hydrogen-bond acceptors (Lipinski definition) is 3. The summed E-state index contributed by atoms with van der Waals surface area (Å²) >= 11 is 0. The fourth-order valence-electron chi connectivity index (χ4n) is 2.90. The quantitative estimate of drug-likeness (QED) is 0.800. The molecular formula is C18H26N2O3S. The Kier molecular flexibility index (Phi) is 6.85. The molecule has 0 saturated heterocycles. The summed E-state index contributed by atoms with van der Waals surface area (Å²) in [6.07, 6.45) is 12.7. The van der Waals surface area contributed by atoms with Gasteiger partial charge in [0.2, 0.25) is 15.9 Å². The average Bonchev–Trinajstić information content (AvgIpc) is 2.48. The number of anilines is 1. The van der Waals surface area contributed by atoms with Crippen molar-refractivity contribution in [3.05, 3.63) is 35.9 Å². The second kappa shape index (κ2) is 8.87. The van der Waals surface area contributed by atoms with Gasteiger partial charge < -0.3 is 5.32 Å². The smallest absolute Gasteiger partial charge is 0.244 e. The number of sulfonamides is 1. The van der Waals surface area contributed by atoms with Crippen LogP contribution in [-0.4, -0.2) is 26.6 Å². The largest absolute Gasteiger partial charge is 0.350 e. The first-order valence-corrected chi connectivity index (χ1v) is 10.4. The van der Waals surface area contributed by atoms with E-state index in [9.17, 15) is 13.2 Å². The van der Waals surface area contributed by atoms with Crippen molar-refractivity contribution in [2.45, 2.75) is 51.0 Å². The summed E-state index contributed by atoms with van der Waals surface area (Å²) in [6.45, 7) is 0. The number of rotatable bonds is 5. The molecule has 6 heteroatoms. The number of hydrogen-bond donors (Lipinski definition) is 2. The Balaban J connectivity index is 1.86. The predicted molar refractivity (Wildman–Crippen MR) is 98.2 cm³/mol. The maximum atomic E-state index is 12.0. The number of amides is 1. The maximum Gasteiger partial charge on any atom is 0.244 e. The van der Waals surface area contributed by atoms with E-state index in [4.69, 9.17) is 0 Å². The van der Waals surface area contributed by atoms with Gasteiger partial charge in [0.1, 0.15) is 0 Å². The van der Waals surface area contributed by atoms with Crippen molar-refractivity contribution < 1.29 is 13.2 Å². The first-order valence-electron chi connectivity index (χ1n) is 8.49. The molecule has 0 unspecified atom stereocenters. The summed E-state index contributed by atoms with van der Waals surface area (Å²) in [5.74, 6) is -0.0705. The molecule has 24 heavy (non-hydrogen) atoms. The van der Waals surface area contributed by atoms with E-state index in [2.05, 4.69) is 10.0 Å². The van der Waals surface area contributed by atoms with Crippen molar-refractivity contribution in [1.29, 1.82) is 0 Å². The lowest BCUT2D eigenvalue weighted by atomic mass is 9.97. The van der Waals surface area contributed by atoms with Gasteiger partial charge in [-0.2, -0.15) is 0 Å². The zero-order chi connectivity index (χ0) is 17.4. The Morgan fingerprint density at radius 2 is 1.62 bits per heavy atom. The van der Waals surface area contributed by atoms with Crippen LogP contribution in [0, 0.1) is 0 Å². The molecule has 0 heterocycles. The average molecular weight is 350 g/mol. The van der Waals surface area contributed by atoms with Gasteiger partial charge in [-0.3, -0.25) is 9.52 Å². The van der Waals surface area contributed by atoms with Gasteiger partial charge in [-0.15, -0.1) is 0 Å². The molecule has 2 rings (SSSR count). The van der Waals surface area contributed by atoms with E-state index in [1.165, 1.54) is 38.2 Å². The molecule has 1 aliphatic rings. The van der Waals surface area contributed by atoms with Gasteiger partial charge in [0.05, 0.1) is 6.26 Å². The van der Waals surface area contributed by atoms with Crippen molar-refractivity contribution in [2.24, 2.45) is 0 Å². The van der Waals surface area contributed by atoms with E-state index >= 15 is 0 Å². The van der Waals surface area contributed by atoms with E-state index in [0.717, 1.165) is 24.7 Å². The molecule has 132 valence electrons. The Labute approximate surface area is 144 Å². The number of carbonyl (C=O) groups excluding carboxylic acids is 1.